The summed E-state index contributed by atoms with van der Waals surface area (Å²) in [6.45, 7) is 2.31. The van der Waals surface area contributed by atoms with Gasteiger partial charge in [0, 0.05) is 6.04 Å². The van der Waals surface area contributed by atoms with Crippen molar-refractivity contribution in [3.05, 3.63) is 0 Å². The van der Waals surface area contributed by atoms with E-state index in [2.05, 4.69) is 12.2 Å². The van der Waals surface area contributed by atoms with Crippen LogP contribution >= 0.6 is 0 Å². The fourth-order valence-electron chi connectivity index (χ4n) is 2.95. The molecule has 0 unspecified atom stereocenters. The van der Waals surface area contributed by atoms with E-state index >= 15 is 0 Å². The Kier molecular flexibility index (Phi) is 1.44. The van der Waals surface area contributed by atoms with Gasteiger partial charge in [-0.3, -0.25) is 4.79 Å². The Morgan fingerprint density at radius 1 is 1.36 bits per heavy atom. The van der Waals surface area contributed by atoms with Gasteiger partial charge in [0.05, 0.1) is 0 Å². The van der Waals surface area contributed by atoms with E-state index in [0.29, 0.717) is 11.5 Å². The summed E-state index contributed by atoms with van der Waals surface area (Å²) in [6, 6.07) is 0.500. The Balaban J connectivity index is 1.75. The van der Waals surface area contributed by atoms with E-state index in [1.54, 1.807) is 0 Å². The van der Waals surface area contributed by atoms with Crippen LogP contribution in [0.1, 0.15) is 32.6 Å². The van der Waals surface area contributed by atoms with Crippen molar-refractivity contribution < 1.29 is 4.79 Å². The molecule has 1 spiro atoms. The molecule has 0 radical (unpaired) electrons. The van der Waals surface area contributed by atoms with Crippen molar-refractivity contribution in [1.82, 2.24) is 5.32 Å². The summed E-state index contributed by atoms with van der Waals surface area (Å²) in [7, 11) is 0. The normalized spacial score (nSPS) is 47.7. The van der Waals surface area contributed by atoms with Gasteiger partial charge in [-0.25, -0.2) is 0 Å². The highest BCUT2D eigenvalue weighted by Gasteiger charge is 2.51. The van der Waals surface area contributed by atoms with Gasteiger partial charge in [-0.05, 0) is 37.0 Å². The number of hydrogen-bond donors (Lipinski definition) is 1. The number of carbonyl (C=O) groups excluding carboxylic acids is 1. The van der Waals surface area contributed by atoms with Gasteiger partial charge >= 0.3 is 0 Å². The van der Waals surface area contributed by atoms with Crippen LogP contribution in [0.25, 0.3) is 0 Å². The molecule has 1 N–H and O–H groups in total. The molecule has 0 aromatic heterocycles. The van der Waals surface area contributed by atoms with Crippen molar-refractivity contribution in [2.45, 2.75) is 38.6 Å². The quantitative estimate of drug-likeness (QED) is 0.595. The lowest BCUT2D eigenvalue weighted by Gasteiger charge is -2.57. The molecule has 0 saturated heterocycles. The minimum Gasteiger partial charge on any atom is -0.356 e. The predicted octanol–water partition coefficient (Wildman–Crippen LogP) is 1.31. The third-order valence-electron chi connectivity index (χ3n) is 3.23. The van der Waals surface area contributed by atoms with Gasteiger partial charge in [-0.1, -0.05) is 6.92 Å². The summed E-state index contributed by atoms with van der Waals surface area (Å²) >= 11 is 0. The van der Waals surface area contributed by atoms with Gasteiger partial charge in [0.15, 0.2) is 0 Å². The van der Waals surface area contributed by atoms with Crippen molar-refractivity contribution in [3.63, 3.8) is 0 Å². The first-order chi connectivity index (χ1) is 5.24. The lowest BCUT2D eigenvalue weighted by atomic mass is 9.50. The fourth-order valence-corrected chi connectivity index (χ4v) is 2.95. The lowest BCUT2D eigenvalue weighted by molar-refractivity contribution is -0.113. The second-order valence-electron chi connectivity index (χ2n) is 4.40. The van der Waals surface area contributed by atoms with Crippen LogP contribution in [0, 0.1) is 11.3 Å². The van der Waals surface area contributed by atoms with Crippen LogP contribution in [0.15, 0.2) is 0 Å². The van der Waals surface area contributed by atoms with Crippen molar-refractivity contribution >= 4 is 6.41 Å². The first kappa shape index (κ1) is 7.14. The van der Waals surface area contributed by atoms with E-state index in [4.69, 9.17) is 0 Å². The molecule has 2 fully saturated rings. The summed E-state index contributed by atoms with van der Waals surface area (Å²) in [4.78, 5) is 10.1. The summed E-state index contributed by atoms with van der Waals surface area (Å²) in [5, 5.41) is 2.84. The molecule has 2 heteroatoms. The molecule has 2 aliphatic rings. The van der Waals surface area contributed by atoms with Gasteiger partial charge in [-0.2, -0.15) is 0 Å². The van der Waals surface area contributed by atoms with E-state index in [0.717, 1.165) is 12.3 Å². The van der Waals surface area contributed by atoms with Gasteiger partial charge in [0.25, 0.3) is 0 Å². The highest BCUT2D eigenvalue weighted by atomic mass is 16.1. The third kappa shape index (κ3) is 1.05. The number of hydrogen-bond acceptors (Lipinski definition) is 1. The fraction of sp³-hybridized carbons (Fsp3) is 0.889. The van der Waals surface area contributed by atoms with E-state index in [-0.39, 0.29) is 0 Å². The van der Waals surface area contributed by atoms with Crippen LogP contribution in [-0.2, 0) is 4.79 Å². The monoisotopic (exact) mass is 153 g/mol. The largest absolute Gasteiger partial charge is 0.356 e. The van der Waals surface area contributed by atoms with Crippen molar-refractivity contribution in [2.24, 2.45) is 11.3 Å². The molecule has 2 rings (SSSR count). The number of rotatable bonds is 2. The molecule has 2 saturated carbocycles. The molecule has 62 valence electrons. The molecule has 0 heterocycles. The highest BCUT2D eigenvalue weighted by Crippen LogP contribution is 2.58. The first-order valence-electron chi connectivity index (χ1n) is 4.44. The minimum absolute atomic E-state index is 0.500. The zero-order chi connectivity index (χ0) is 7.90. The molecule has 1 amide bonds. The van der Waals surface area contributed by atoms with Gasteiger partial charge in [0.2, 0.25) is 6.41 Å². The maximum absolute atomic E-state index is 10.1. The Morgan fingerprint density at radius 3 is 2.45 bits per heavy atom. The van der Waals surface area contributed by atoms with Crippen molar-refractivity contribution in [3.8, 4) is 0 Å². The zero-order valence-electron chi connectivity index (χ0n) is 6.97. The molecule has 0 aromatic rings. The topological polar surface area (TPSA) is 29.1 Å². The van der Waals surface area contributed by atoms with Crippen LogP contribution < -0.4 is 5.32 Å². The SMILES string of the molecule is CC1CC2(C1)CC(NC=O)C2. The Hall–Kier alpha value is -0.530. The van der Waals surface area contributed by atoms with E-state index in [1.807, 2.05) is 0 Å². The summed E-state index contributed by atoms with van der Waals surface area (Å²) in [5.74, 6) is 0.937. The Labute approximate surface area is 67.4 Å². The first-order valence-corrected chi connectivity index (χ1v) is 4.44. The van der Waals surface area contributed by atoms with E-state index < -0.39 is 0 Å². The average Bonchev–Trinajstić information content (AvgIpc) is 1.80. The standard InChI is InChI=1S/C9H15NO/c1-7-2-9(3-7)4-8(5-9)10-6-11/h6-8H,2-5H2,1H3,(H,10,11). The van der Waals surface area contributed by atoms with E-state index in [9.17, 15) is 4.79 Å². The van der Waals surface area contributed by atoms with Crippen LogP contribution in [0.2, 0.25) is 0 Å². The molecule has 0 bridgehead atoms. The molecular formula is C9H15NO. The minimum atomic E-state index is 0.500. The summed E-state index contributed by atoms with van der Waals surface area (Å²) < 4.78 is 0. The summed E-state index contributed by atoms with van der Waals surface area (Å²) in [6.07, 6.45) is 6.08. The van der Waals surface area contributed by atoms with Gasteiger partial charge in [-0.15, -0.1) is 0 Å². The predicted molar refractivity (Wildman–Crippen MR) is 43.1 cm³/mol. The number of amides is 1. The maximum atomic E-state index is 10.1. The molecule has 2 aliphatic carbocycles. The van der Waals surface area contributed by atoms with Gasteiger partial charge < -0.3 is 5.32 Å². The average molecular weight is 153 g/mol. The maximum Gasteiger partial charge on any atom is 0.207 e. The van der Waals surface area contributed by atoms with Crippen LogP contribution in [0.3, 0.4) is 0 Å². The second kappa shape index (κ2) is 2.23. The second-order valence-corrected chi connectivity index (χ2v) is 4.40. The zero-order valence-corrected chi connectivity index (χ0v) is 6.97. The van der Waals surface area contributed by atoms with Gasteiger partial charge in [0.1, 0.15) is 0 Å². The number of carbonyl (C=O) groups is 1. The molecule has 0 aliphatic heterocycles. The van der Waals surface area contributed by atoms with Crippen LogP contribution in [-0.4, -0.2) is 12.5 Å². The van der Waals surface area contributed by atoms with Crippen LogP contribution in [0.5, 0.6) is 0 Å². The highest BCUT2D eigenvalue weighted by molar-refractivity contribution is 5.47. The van der Waals surface area contributed by atoms with E-state index in [1.165, 1.54) is 25.7 Å². The number of nitrogens with one attached hydrogen (secondary N) is 1. The third-order valence-corrected chi connectivity index (χ3v) is 3.23. The summed E-state index contributed by atoms with van der Waals surface area (Å²) in [5.41, 5.74) is 0.667. The molecule has 2 nitrogen and oxygen atoms in total. The molecule has 11 heavy (non-hydrogen) atoms. The Morgan fingerprint density at radius 2 is 2.00 bits per heavy atom. The van der Waals surface area contributed by atoms with Crippen molar-refractivity contribution in [2.75, 3.05) is 0 Å². The Bertz CT molecular complexity index is 164. The molecule has 0 atom stereocenters. The van der Waals surface area contributed by atoms with Crippen LogP contribution in [0.4, 0.5) is 0 Å². The lowest BCUT2D eigenvalue weighted by Crippen LogP contribution is -2.54. The molecular weight excluding hydrogens is 138 g/mol. The smallest absolute Gasteiger partial charge is 0.207 e. The molecule has 0 aromatic carbocycles. The van der Waals surface area contributed by atoms with Crippen molar-refractivity contribution in [1.29, 1.82) is 0 Å².